The maximum atomic E-state index is 5.74. The topological polar surface area (TPSA) is 56.5 Å². The minimum Gasteiger partial charge on any atom is -0.497 e. The number of hydrogen-bond donors (Lipinski definition) is 2. The van der Waals surface area contributed by atoms with Crippen molar-refractivity contribution in [1.29, 1.82) is 0 Å². The van der Waals surface area contributed by atoms with Crippen LogP contribution >= 0.6 is 0 Å². The number of hydrazine groups is 1. The van der Waals surface area contributed by atoms with E-state index < -0.39 is 0 Å². The van der Waals surface area contributed by atoms with Gasteiger partial charge in [0.15, 0.2) is 0 Å². The van der Waals surface area contributed by atoms with Crippen LogP contribution in [0.3, 0.4) is 0 Å². The Balaban J connectivity index is 2.35. The van der Waals surface area contributed by atoms with Gasteiger partial charge in [0, 0.05) is 5.56 Å². The van der Waals surface area contributed by atoms with Gasteiger partial charge in [0.25, 0.3) is 0 Å². The Bertz CT molecular complexity index is 540. The van der Waals surface area contributed by atoms with Crippen molar-refractivity contribution >= 4 is 0 Å². The molecule has 106 valence electrons. The maximum absolute atomic E-state index is 5.74. The molecule has 0 saturated heterocycles. The Morgan fingerprint density at radius 2 is 1.80 bits per heavy atom. The first kappa shape index (κ1) is 14.4. The standard InChI is InChI=1S/C16H20N2O2/c1-3-20-15-7-5-4-6-14(15)16(18-17)12-8-10-13(19-2)11-9-12/h4-11,16,18H,3,17H2,1-2H3. The number of hydrogen-bond acceptors (Lipinski definition) is 4. The highest BCUT2D eigenvalue weighted by Gasteiger charge is 2.16. The average molecular weight is 272 g/mol. The fraction of sp³-hybridized carbons (Fsp3) is 0.250. The summed E-state index contributed by atoms with van der Waals surface area (Å²) in [6.07, 6.45) is 0. The number of methoxy groups -OCH3 is 1. The second-order valence-corrected chi connectivity index (χ2v) is 4.34. The molecule has 0 aliphatic heterocycles. The van der Waals surface area contributed by atoms with Crippen molar-refractivity contribution in [3.8, 4) is 11.5 Å². The SMILES string of the molecule is CCOc1ccccc1C(NN)c1ccc(OC)cc1. The van der Waals surface area contributed by atoms with Crippen molar-refractivity contribution in [3.63, 3.8) is 0 Å². The molecule has 0 amide bonds. The van der Waals surface area contributed by atoms with Gasteiger partial charge in [-0.05, 0) is 30.7 Å². The van der Waals surface area contributed by atoms with E-state index in [1.54, 1.807) is 7.11 Å². The minimum atomic E-state index is -0.122. The Morgan fingerprint density at radius 1 is 1.10 bits per heavy atom. The lowest BCUT2D eigenvalue weighted by Gasteiger charge is -2.20. The Kier molecular flexibility index (Phi) is 4.98. The number of rotatable bonds is 6. The van der Waals surface area contributed by atoms with Gasteiger partial charge in [-0.1, -0.05) is 30.3 Å². The molecule has 0 heterocycles. The quantitative estimate of drug-likeness (QED) is 0.627. The van der Waals surface area contributed by atoms with E-state index >= 15 is 0 Å². The summed E-state index contributed by atoms with van der Waals surface area (Å²) in [6, 6.07) is 15.6. The van der Waals surface area contributed by atoms with E-state index in [-0.39, 0.29) is 6.04 Å². The Morgan fingerprint density at radius 3 is 2.40 bits per heavy atom. The third-order valence-corrected chi connectivity index (χ3v) is 3.15. The molecule has 0 radical (unpaired) electrons. The molecular weight excluding hydrogens is 252 g/mol. The predicted octanol–water partition coefficient (Wildman–Crippen LogP) is 2.65. The van der Waals surface area contributed by atoms with E-state index in [1.807, 2.05) is 55.5 Å². The molecular formula is C16H20N2O2. The van der Waals surface area contributed by atoms with Crippen molar-refractivity contribution in [2.24, 2.45) is 5.84 Å². The molecule has 2 aromatic carbocycles. The highest BCUT2D eigenvalue weighted by molar-refractivity contribution is 5.42. The van der Waals surface area contributed by atoms with Crippen LogP contribution in [0.15, 0.2) is 48.5 Å². The van der Waals surface area contributed by atoms with E-state index in [0.717, 1.165) is 22.6 Å². The third kappa shape index (κ3) is 3.10. The molecule has 0 fully saturated rings. The number of nitrogens with two attached hydrogens (primary N) is 1. The monoisotopic (exact) mass is 272 g/mol. The van der Waals surface area contributed by atoms with Gasteiger partial charge in [-0.2, -0.15) is 0 Å². The number of benzene rings is 2. The molecule has 2 rings (SSSR count). The van der Waals surface area contributed by atoms with E-state index in [0.29, 0.717) is 6.61 Å². The van der Waals surface area contributed by atoms with Crippen LogP contribution in [-0.4, -0.2) is 13.7 Å². The van der Waals surface area contributed by atoms with Crippen molar-refractivity contribution in [1.82, 2.24) is 5.43 Å². The zero-order valence-electron chi connectivity index (χ0n) is 11.8. The van der Waals surface area contributed by atoms with Crippen LogP contribution in [0.25, 0.3) is 0 Å². The zero-order chi connectivity index (χ0) is 14.4. The number of para-hydroxylation sites is 1. The summed E-state index contributed by atoms with van der Waals surface area (Å²) in [5, 5.41) is 0. The second-order valence-electron chi connectivity index (χ2n) is 4.34. The summed E-state index contributed by atoms with van der Waals surface area (Å²) in [5.74, 6) is 7.40. The van der Waals surface area contributed by atoms with Gasteiger partial charge in [-0.3, -0.25) is 5.84 Å². The molecule has 3 N–H and O–H groups in total. The first-order valence-electron chi connectivity index (χ1n) is 6.62. The smallest absolute Gasteiger partial charge is 0.124 e. The summed E-state index contributed by atoms with van der Waals surface area (Å²) in [6.45, 7) is 2.59. The molecule has 0 bridgehead atoms. The summed E-state index contributed by atoms with van der Waals surface area (Å²) < 4.78 is 10.8. The van der Waals surface area contributed by atoms with Gasteiger partial charge in [-0.15, -0.1) is 0 Å². The van der Waals surface area contributed by atoms with Gasteiger partial charge in [0.1, 0.15) is 11.5 Å². The molecule has 4 nitrogen and oxygen atoms in total. The normalized spacial score (nSPS) is 11.9. The molecule has 1 atom stereocenters. The van der Waals surface area contributed by atoms with Crippen molar-refractivity contribution in [3.05, 3.63) is 59.7 Å². The fourth-order valence-corrected chi connectivity index (χ4v) is 2.17. The van der Waals surface area contributed by atoms with Crippen LogP contribution in [0.5, 0.6) is 11.5 Å². The molecule has 2 aromatic rings. The Labute approximate surface area is 119 Å². The molecule has 0 aliphatic carbocycles. The maximum Gasteiger partial charge on any atom is 0.124 e. The zero-order valence-corrected chi connectivity index (χ0v) is 11.8. The van der Waals surface area contributed by atoms with Crippen molar-refractivity contribution < 1.29 is 9.47 Å². The summed E-state index contributed by atoms with van der Waals surface area (Å²) in [5.41, 5.74) is 4.92. The lowest BCUT2D eigenvalue weighted by atomic mass is 9.98. The predicted molar refractivity (Wildman–Crippen MR) is 79.8 cm³/mol. The largest absolute Gasteiger partial charge is 0.497 e. The van der Waals surface area contributed by atoms with Crippen molar-refractivity contribution in [2.45, 2.75) is 13.0 Å². The van der Waals surface area contributed by atoms with Gasteiger partial charge in [0.05, 0.1) is 19.8 Å². The lowest BCUT2D eigenvalue weighted by molar-refractivity contribution is 0.333. The molecule has 0 aromatic heterocycles. The fourth-order valence-electron chi connectivity index (χ4n) is 2.17. The average Bonchev–Trinajstić information content (AvgIpc) is 2.51. The van der Waals surface area contributed by atoms with Crippen LogP contribution in [-0.2, 0) is 0 Å². The molecule has 0 saturated carbocycles. The third-order valence-electron chi connectivity index (χ3n) is 3.15. The van der Waals surface area contributed by atoms with Crippen molar-refractivity contribution in [2.75, 3.05) is 13.7 Å². The number of ether oxygens (including phenoxy) is 2. The van der Waals surface area contributed by atoms with Gasteiger partial charge >= 0.3 is 0 Å². The summed E-state index contributed by atoms with van der Waals surface area (Å²) >= 11 is 0. The summed E-state index contributed by atoms with van der Waals surface area (Å²) in [4.78, 5) is 0. The first-order valence-corrected chi connectivity index (χ1v) is 6.62. The molecule has 20 heavy (non-hydrogen) atoms. The van der Waals surface area contributed by atoms with E-state index in [9.17, 15) is 0 Å². The first-order chi connectivity index (χ1) is 9.80. The van der Waals surface area contributed by atoms with Crippen LogP contribution in [0.1, 0.15) is 24.1 Å². The number of nitrogens with one attached hydrogen (secondary N) is 1. The Hall–Kier alpha value is -2.04. The minimum absolute atomic E-state index is 0.122. The van der Waals surface area contributed by atoms with E-state index in [1.165, 1.54) is 0 Å². The highest BCUT2D eigenvalue weighted by atomic mass is 16.5. The van der Waals surface area contributed by atoms with Gasteiger partial charge in [0.2, 0.25) is 0 Å². The van der Waals surface area contributed by atoms with Crippen LogP contribution in [0.2, 0.25) is 0 Å². The summed E-state index contributed by atoms with van der Waals surface area (Å²) in [7, 11) is 1.65. The van der Waals surface area contributed by atoms with Gasteiger partial charge < -0.3 is 9.47 Å². The van der Waals surface area contributed by atoms with E-state index in [4.69, 9.17) is 15.3 Å². The van der Waals surface area contributed by atoms with Crippen LogP contribution < -0.4 is 20.7 Å². The van der Waals surface area contributed by atoms with Crippen LogP contribution in [0, 0.1) is 0 Å². The lowest BCUT2D eigenvalue weighted by Crippen LogP contribution is -2.29. The van der Waals surface area contributed by atoms with Crippen LogP contribution in [0.4, 0.5) is 0 Å². The van der Waals surface area contributed by atoms with E-state index in [2.05, 4.69) is 5.43 Å². The highest BCUT2D eigenvalue weighted by Crippen LogP contribution is 2.30. The second kappa shape index (κ2) is 6.93. The molecule has 4 heteroatoms. The molecule has 0 spiro atoms. The molecule has 1 unspecified atom stereocenters. The molecule has 0 aliphatic rings. The van der Waals surface area contributed by atoms with Gasteiger partial charge in [-0.25, -0.2) is 5.43 Å².